The number of likely N-dealkylation sites (tertiary alicyclic amines) is 2. The Balaban J connectivity index is 1.13. The van der Waals surface area contributed by atoms with Crippen LogP contribution in [0.2, 0.25) is 10.0 Å². The van der Waals surface area contributed by atoms with E-state index in [0.717, 1.165) is 25.9 Å². The number of ether oxygens (including phenoxy) is 2. The Hall–Kier alpha value is -5.51. The highest BCUT2D eigenvalue weighted by atomic mass is 35.5. The zero-order valence-electron chi connectivity index (χ0n) is 33.5. The number of rotatable bonds is 12. The largest absolute Gasteiger partial charge is 0.490 e. The molecule has 59 heavy (non-hydrogen) atoms. The second kappa shape index (κ2) is 18.2. The Morgan fingerprint density at radius 1 is 0.915 bits per heavy atom. The lowest BCUT2D eigenvalue weighted by Crippen LogP contribution is -2.47. The van der Waals surface area contributed by atoms with Crippen LogP contribution in [0.15, 0.2) is 54.9 Å². The maximum Gasteiger partial charge on any atom is 0.407 e. The van der Waals surface area contributed by atoms with Gasteiger partial charge in [0.15, 0.2) is 17.2 Å². The van der Waals surface area contributed by atoms with Gasteiger partial charge in [0.05, 0.1) is 48.2 Å². The lowest BCUT2D eigenvalue weighted by atomic mass is 9.99. The number of carbonyl (C=O) groups excluding carboxylic acids is 2. The summed E-state index contributed by atoms with van der Waals surface area (Å²) in [5, 5.41) is 19.2. The molecule has 0 radical (unpaired) electrons. The van der Waals surface area contributed by atoms with E-state index in [4.69, 9.17) is 47.7 Å². The molecule has 0 atom stereocenters. The van der Waals surface area contributed by atoms with Gasteiger partial charge in [-0.05, 0) is 56.9 Å². The topological polar surface area (TPSA) is 168 Å². The van der Waals surface area contributed by atoms with Crippen molar-refractivity contribution in [3.05, 3.63) is 76.3 Å². The average molecular weight is 845 g/mol. The van der Waals surface area contributed by atoms with E-state index in [1.165, 1.54) is 18.9 Å². The average Bonchev–Trinajstić information content (AvgIpc) is 3.66. The van der Waals surface area contributed by atoms with Crippen molar-refractivity contribution in [3.8, 4) is 45.3 Å². The van der Waals surface area contributed by atoms with Gasteiger partial charge in [0.25, 0.3) is 0 Å². The highest BCUT2D eigenvalue weighted by Crippen LogP contribution is 2.42. The molecule has 6 heterocycles. The third-order valence-electron chi connectivity index (χ3n) is 11.0. The number of halogens is 2. The number of piperidine rings is 2. The highest BCUT2D eigenvalue weighted by molar-refractivity contribution is 6.39. The van der Waals surface area contributed by atoms with Crippen LogP contribution in [-0.2, 0) is 22.7 Å². The zero-order valence-corrected chi connectivity index (χ0v) is 35.0. The molecule has 0 unspecified atom stereocenters. The first-order valence-electron chi connectivity index (χ1n) is 19.7. The molecule has 15 nitrogen and oxygen atoms in total. The van der Waals surface area contributed by atoms with E-state index in [1.807, 2.05) is 42.3 Å². The molecule has 0 bridgehead atoms. The van der Waals surface area contributed by atoms with Crippen LogP contribution in [0, 0.1) is 0 Å². The van der Waals surface area contributed by atoms with Gasteiger partial charge in [0, 0.05) is 92.3 Å². The number of hydrogen-bond donors (Lipinski definition) is 2. The first kappa shape index (κ1) is 41.6. The Kier molecular flexibility index (Phi) is 12.8. The Bertz CT molecular complexity index is 2360. The number of nitrogens with one attached hydrogen (secondary N) is 1. The second-order valence-corrected chi connectivity index (χ2v) is 15.4. The molecule has 2 saturated heterocycles. The summed E-state index contributed by atoms with van der Waals surface area (Å²) in [5.41, 5.74) is 4.81. The molecule has 4 aromatic heterocycles. The van der Waals surface area contributed by atoms with Crippen LogP contribution in [0.1, 0.15) is 57.8 Å². The Morgan fingerprint density at radius 3 is 2.25 bits per heavy atom. The van der Waals surface area contributed by atoms with Crippen molar-refractivity contribution in [1.82, 2.24) is 44.6 Å². The van der Waals surface area contributed by atoms with Gasteiger partial charge >= 0.3 is 6.09 Å². The third-order valence-corrected chi connectivity index (χ3v) is 11.8. The number of amides is 3. The summed E-state index contributed by atoms with van der Waals surface area (Å²) in [6, 6.07) is 12.9. The fourth-order valence-electron chi connectivity index (χ4n) is 7.84. The quantitative estimate of drug-likeness (QED) is 0.135. The molecule has 2 aliphatic rings. The SMILES string of the molecule is CCOc1cc(-c2nccc(-c3cccc(-c4ccc(CN(C(=O)O)C5CCN(C(C)=O)CC5)c(OC)n4)c3Cl)c2Cl)cn2nc(CNC3CCN(C(C)=O)CC3)nc12. The number of carboxylic acid groups (broad SMARTS) is 1. The van der Waals surface area contributed by atoms with Crippen LogP contribution in [0.4, 0.5) is 4.79 Å². The van der Waals surface area contributed by atoms with Crippen molar-refractivity contribution in [2.24, 2.45) is 0 Å². The van der Waals surface area contributed by atoms with Crippen molar-refractivity contribution in [1.29, 1.82) is 0 Å². The standard InChI is InChI=1S/C42H47Cl2N9O6/c1-5-59-35-21-28(24-53-40(35)48-36(49-53)22-46-29-12-17-50(18-13-29)25(2)54)39-38(44)32(11-16-45-39)31-7-6-8-33(37(31)43)34-10-9-27(41(47-34)58-4)23-52(42(56)57)30-14-19-51(20-15-30)26(3)55/h6-11,16,21,24,29-30,46H,5,12-15,17-20,22-23H2,1-4H3,(H,56,57). The third kappa shape index (κ3) is 9.07. The lowest BCUT2D eigenvalue weighted by molar-refractivity contribution is -0.131. The zero-order chi connectivity index (χ0) is 41.8. The van der Waals surface area contributed by atoms with E-state index >= 15 is 0 Å². The van der Waals surface area contributed by atoms with Crippen LogP contribution in [-0.4, -0.2) is 114 Å². The number of benzene rings is 1. The summed E-state index contributed by atoms with van der Waals surface area (Å²) < 4.78 is 13.4. The lowest BCUT2D eigenvalue weighted by Gasteiger charge is -2.37. The van der Waals surface area contributed by atoms with Gasteiger partial charge in [-0.15, -0.1) is 5.10 Å². The summed E-state index contributed by atoms with van der Waals surface area (Å²) in [4.78, 5) is 55.2. The summed E-state index contributed by atoms with van der Waals surface area (Å²) in [7, 11) is 1.50. The van der Waals surface area contributed by atoms with E-state index < -0.39 is 6.09 Å². The molecule has 3 amide bonds. The number of carbonyl (C=O) groups is 3. The van der Waals surface area contributed by atoms with Crippen LogP contribution < -0.4 is 14.8 Å². The van der Waals surface area contributed by atoms with Gasteiger partial charge in [-0.2, -0.15) is 0 Å². The smallest absolute Gasteiger partial charge is 0.407 e. The van der Waals surface area contributed by atoms with Crippen molar-refractivity contribution < 1.29 is 29.0 Å². The Morgan fingerprint density at radius 2 is 1.59 bits per heavy atom. The maximum atomic E-state index is 12.4. The first-order chi connectivity index (χ1) is 28.4. The summed E-state index contributed by atoms with van der Waals surface area (Å²) >= 11 is 14.3. The number of fused-ring (bicyclic) bond motifs is 1. The van der Waals surface area contributed by atoms with Crippen LogP contribution in [0.5, 0.6) is 11.6 Å². The van der Waals surface area contributed by atoms with Crippen LogP contribution in [0.25, 0.3) is 39.3 Å². The van der Waals surface area contributed by atoms with E-state index in [0.29, 0.717) is 106 Å². The van der Waals surface area contributed by atoms with Crippen molar-refractivity contribution >= 4 is 46.8 Å². The summed E-state index contributed by atoms with van der Waals surface area (Å²) in [6.07, 6.45) is 5.28. The van der Waals surface area contributed by atoms with Gasteiger partial charge < -0.3 is 34.6 Å². The highest BCUT2D eigenvalue weighted by Gasteiger charge is 2.30. The number of aromatic nitrogens is 5. The minimum absolute atomic E-state index is 0.0128. The van der Waals surface area contributed by atoms with E-state index in [2.05, 4.69) is 10.3 Å². The molecule has 0 aliphatic carbocycles. The van der Waals surface area contributed by atoms with Crippen molar-refractivity contribution in [3.63, 3.8) is 0 Å². The van der Waals surface area contributed by atoms with Gasteiger partial charge in [0.2, 0.25) is 17.7 Å². The number of nitrogens with zero attached hydrogens (tertiary/aromatic N) is 8. The molecular weight excluding hydrogens is 797 g/mol. The van der Waals surface area contributed by atoms with Crippen LogP contribution in [0.3, 0.4) is 0 Å². The molecule has 1 aromatic carbocycles. The number of hydrogen-bond acceptors (Lipinski definition) is 10. The van der Waals surface area contributed by atoms with Gasteiger partial charge in [-0.3, -0.25) is 14.6 Å². The number of pyridine rings is 3. The molecule has 5 aromatic rings. The van der Waals surface area contributed by atoms with E-state index in [1.54, 1.807) is 40.7 Å². The molecule has 7 rings (SSSR count). The molecule has 2 aliphatic heterocycles. The molecule has 2 N–H and O–H groups in total. The summed E-state index contributed by atoms with van der Waals surface area (Å²) in [5.74, 6) is 1.52. The van der Waals surface area contributed by atoms with Gasteiger partial charge in [-0.25, -0.2) is 19.3 Å². The molecular formula is C42H47Cl2N9O6. The fraction of sp³-hybridized carbons (Fsp3) is 0.405. The van der Waals surface area contributed by atoms with Gasteiger partial charge in [0.1, 0.15) is 0 Å². The van der Waals surface area contributed by atoms with Gasteiger partial charge in [-0.1, -0.05) is 41.4 Å². The van der Waals surface area contributed by atoms with E-state index in [-0.39, 0.29) is 36.3 Å². The van der Waals surface area contributed by atoms with E-state index in [9.17, 15) is 19.5 Å². The molecule has 2 fully saturated rings. The predicted molar refractivity (Wildman–Crippen MR) is 224 cm³/mol. The minimum atomic E-state index is -1.05. The molecule has 17 heteroatoms. The Labute approximate surface area is 352 Å². The van der Waals surface area contributed by atoms with Crippen molar-refractivity contribution in [2.75, 3.05) is 39.9 Å². The first-order valence-corrected chi connectivity index (χ1v) is 20.4. The minimum Gasteiger partial charge on any atom is -0.490 e. The maximum absolute atomic E-state index is 12.4. The predicted octanol–water partition coefficient (Wildman–Crippen LogP) is 6.83. The molecule has 0 spiro atoms. The monoisotopic (exact) mass is 843 g/mol. The summed E-state index contributed by atoms with van der Waals surface area (Å²) in [6.45, 7) is 8.45. The second-order valence-electron chi connectivity index (χ2n) is 14.7. The number of methoxy groups -OCH3 is 1. The fourth-order valence-corrected chi connectivity index (χ4v) is 8.48. The van der Waals surface area contributed by atoms with Crippen LogP contribution >= 0.6 is 23.2 Å². The normalized spacial score (nSPS) is 15.1. The molecule has 310 valence electrons. The van der Waals surface area contributed by atoms with Crippen molar-refractivity contribution in [2.45, 2.75) is 71.6 Å². The molecule has 0 saturated carbocycles.